The minimum Gasteiger partial charge on any atom is -0.433 e. The van der Waals surface area contributed by atoms with Crippen molar-refractivity contribution in [2.45, 2.75) is 18.4 Å². The van der Waals surface area contributed by atoms with Gasteiger partial charge in [-0.3, -0.25) is 0 Å². The third-order valence-electron chi connectivity index (χ3n) is 0.842. The van der Waals surface area contributed by atoms with Crippen molar-refractivity contribution in [1.82, 2.24) is 0 Å². The average molecular weight is 245 g/mol. The lowest BCUT2D eigenvalue weighted by Gasteiger charge is -2.08. The van der Waals surface area contributed by atoms with Gasteiger partial charge in [-0.2, -0.15) is 0 Å². The van der Waals surface area contributed by atoms with Gasteiger partial charge in [-0.15, -0.1) is 11.6 Å². The van der Waals surface area contributed by atoms with E-state index in [2.05, 4.69) is 20.7 Å². The standard InChI is InChI=1S/C6H10BrClO3/c1-2-5(7)11-6(9)10-4-3-8/h5H,2-4H2,1H3. The molecule has 0 aliphatic heterocycles. The second-order valence-electron chi connectivity index (χ2n) is 1.72. The molecule has 0 N–H and O–H groups in total. The van der Waals surface area contributed by atoms with E-state index < -0.39 is 6.16 Å². The van der Waals surface area contributed by atoms with E-state index in [1.807, 2.05) is 6.92 Å². The van der Waals surface area contributed by atoms with Crippen molar-refractivity contribution in [3.63, 3.8) is 0 Å². The van der Waals surface area contributed by atoms with E-state index in [4.69, 9.17) is 16.3 Å². The molecule has 11 heavy (non-hydrogen) atoms. The lowest BCUT2D eigenvalue weighted by molar-refractivity contribution is 0.0526. The van der Waals surface area contributed by atoms with Crippen molar-refractivity contribution in [2.75, 3.05) is 12.5 Å². The van der Waals surface area contributed by atoms with Crippen molar-refractivity contribution < 1.29 is 14.3 Å². The van der Waals surface area contributed by atoms with Crippen molar-refractivity contribution in [2.24, 2.45) is 0 Å². The summed E-state index contributed by atoms with van der Waals surface area (Å²) in [6.45, 7) is 2.07. The second-order valence-corrected chi connectivity index (χ2v) is 3.12. The number of hydrogen-bond donors (Lipinski definition) is 0. The predicted molar refractivity (Wildman–Crippen MR) is 46.2 cm³/mol. The molecule has 0 heterocycles. The summed E-state index contributed by atoms with van der Waals surface area (Å²) in [5.41, 5.74) is 0. The molecular formula is C6H10BrClO3. The molecule has 0 spiro atoms. The van der Waals surface area contributed by atoms with Crippen LogP contribution in [0, 0.1) is 0 Å². The molecule has 0 saturated heterocycles. The summed E-state index contributed by atoms with van der Waals surface area (Å²) in [5.74, 6) is 0.286. The Balaban J connectivity index is 3.36. The third-order valence-corrected chi connectivity index (χ3v) is 1.83. The number of ether oxygens (including phenoxy) is 2. The smallest absolute Gasteiger partial charge is 0.433 e. The SMILES string of the molecule is CCC(Br)OC(=O)OCCCl. The van der Waals surface area contributed by atoms with Crippen molar-refractivity contribution in [3.05, 3.63) is 0 Å². The van der Waals surface area contributed by atoms with Gasteiger partial charge in [-0.05, 0) is 22.4 Å². The molecule has 0 aromatic rings. The van der Waals surface area contributed by atoms with Gasteiger partial charge >= 0.3 is 6.16 Å². The Morgan fingerprint density at radius 3 is 2.82 bits per heavy atom. The van der Waals surface area contributed by atoms with Gasteiger partial charge in [0.2, 0.25) is 0 Å². The quantitative estimate of drug-likeness (QED) is 0.564. The van der Waals surface area contributed by atoms with Crippen molar-refractivity contribution >= 4 is 33.7 Å². The van der Waals surface area contributed by atoms with Gasteiger partial charge in [-0.25, -0.2) is 4.79 Å². The van der Waals surface area contributed by atoms with E-state index in [0.717, 1.165) is 0 Å². The van der Waals surface area contributed by atoms with Gasteiger partial charge in [0, 0.05) is 0 Å². The van der Waals surface area contributed by atoms with E-state index in [1.54, 1.807) is 0 Å². The Morgan fingerprint density at radius 1 is 1.73 bits per heavy atom. The maximum atomic E-state index is 10.6. The normalized spacial score (nSPS) is 12.3. The average Bonchev–Trinajstić information content (AvgIpc) is 2.00. The molecule has 1 unspecified atom stereocenters. The molecule has 0 bridgehead atoms. The molecule has 0 aromatic carbocycles. The summed E-state index contributed by atoms with van der Waals surface area (Å²) in [7, 11) is 0. The van der Waals surface area contributed by atoms with Crippen LogP contribution in [-0.2, 0) is 9.47 Å². The number of carbonyl (C=O) groups is 1. The molecule has 0 radical (unpaired) electrons. The Kier molecular flexibility index (Phi) is 6.76. The Hall–Kier alpha value is 0.0400. The fourth-order valence-electron chi connectivity index (χ4n) is 0.344. The minimum absolute atomic E-state index is 0.184. The molecule has 0 saturated carbocycles. The molecule has 1 atom stereocenters. The highest BCUT2D eigenvalue weighted by atomic mass is 79.9. The van der Waals surface area contributed by atoms with Crippen molar-refractivity contribution in [3.8, 4) is 0 Å². The van der Waals surface area contributed by atoms with Gasteiger partial charge in [-0.1, -0.05) is 6.92 Å². The molecule has 5 heteroatoms. The maximum absolute atomic E-state index is 10.6. The first kappa shape index (κ1) is 11.0. The van der Waals surface area contributed by atoms with Gasteiger partial charge in [0.15, 0.2) is 5.01 Å². The first-order valence-corrected chi connectivity index (χ1v) is 4.69. The van der Waals surface area contributed by atoms with Crippen LogP contribution >= 0.6 is 27.5 Å². The van der Waals surface area contributed by atoms with Crippen LogP contribution in [0.5, 0.6) is 0 Å². The Morgan fingerprint density at radius 2 is 2.36 bits per heavy atom. The minimum atomic E-state index is -0.686. The van der Waals surface area contributed by atoms with Crippen molar-refractivity contribution in [1.29, 1.82) is 0 Å². The number of hydrogen-bond acceptors (Lipinski definition) is 3. The number of alkyl halides is 2. The monoisotopic (exact) mass is 244 g/mol. The number of carbonyl (C=O) groups excluding carboxylic acids is 1. The van der Waals surface area contributed by atoms with E-state index in [0.29, 0.717) is 6.42 Å². The summed E-state index contributed by atoms with van der Waals surface area (Å²) < 4.78 is 9.24. The zero-order chi connectivity index (χ0) is 8.69. The van der Waals surface area contributed by atoms with Gasteiger partial charge in [0.1, 0.15) is 6.61 Å². The molecule has 0 aliphatic carbocycles. The molecule has 0 aliphatic rings. The highest BCUT2D eigenvalue weighted by molar-refractivity contribution is 9.09. The van der Waals surface area contributed by atoms with Crippen LogP contribution in [0.15, 0.2) is 0 Å². The third kappa shape index (κ3) is 6.44. The van der Waals surface area contributed by atoms with Crippen LogP contribution in [0.2, 0.25) is 0 Å². The van der Waals surface area contributed by atoms with Crippen LogP contribution in [0.3, 0.4) is 0 Å². The van der Waals surface area contributed by atoms with Crippen LogP contribution in [0.4, 0.5) is 4.79 Å². The Bertz CT molecular complexity index is 120. The van der Waals surface area contributed by atoms with E-state index in [-0.39, 0.29) is 17.5 Å². The molecule has 0 amide bonds. The topological polar surface area (TPSA) is 35.5 Å². The lowest BCUT2D eigenvalue weighted by atomic mass is 10.5. The summed E-state index contributed by atoms with van der Waals surface area (Å²) in [6.07, 6.45) is 0.0186. The van der Waals surface area contributed by atoms with Gasteiger partial charge in [0.05, 0.1) is 5.88 Å². The number of rotatable bonds is 4. The Labute approximate surface area is 79.1 Å². The lowest BCUT2D eigenvalue weighted by Crippen LogP contribution is -2.13. The summed E-state index contributed by atoms with van der Waals surface area (Å²) >= 11 is 8.38. The highest BCUT2D eigenvalue weighted by Crippen LogP contribution is 2.06. The molecule has 0 aromatic heterocycles. The number of halogens is 2. The van der Waals surface area contributed by atoms with Gasteiger partial charge < -0.3 is 9.47 Å². The van der Waals surface area contributed by atoms with Crippen LogP contribution in [0.1, 0.15) is 13.3 Å². The van der Waals surface area contributed by atoms with E-state index in [1.165, 1.54) is 0 Å². The first-order chi connectivity index (χ1) is 5.20. The first-order valence-electron chi connectivity index (χ1n) is 3.24. The van der Waals surface area contributed by atoms with Crippen LogP contribution in [0.25, 0.3) is 0 Å². The highest BCUT2D eigenvalue weighted by Gasteiger charge is 2.08. The summed E-state index contributed by atoms with van der Waals surface area (Å²) in [4.78, 5) is 10.6. The van der Waals surface area contributed by atoms with E-state index in [9.17, 15) is 4.79 Å². The van der Waals surface area contributed by atoms with E-state index >= 15 is 0 Å². The van der Waals surface area contributed by atoms with Gasteiger partial charge in [0.25, 0.3) is 0 Å². The molecule has 0 fully saturated rings. The summed E-state index contributed by atoms with van der Waals surface area (Å²) in [5, 5.41) is -0.273. The largest absolute Gasteiger partial charge is 0.509 e. The second kappa shape index (κ2) is 6.73. The summed E-state index contributed by atoms with van der Waals surface area (Å²) in [6, 6.07) is 0. The predicted octanol–water partition coefficient (Wildman–Crippen LogP) is 2.51. The van der Waals surface area contributed by atoms with Crippen LogP contribution < -0.4 is 0 Å². The fraction of sp³-hybridized carbons (Fsp3) is 0.833. The van der Waals surface area contributed by atoms with Crippen LogP contribution in [-0.4, -0.2) is 23.7 Å². The molecular weight excluding hydrogens is 235 g/mol. The fourth-order valence-corrected chi connectivity index (χ4v) is 0.573. The molecule has 3 nitrogen and oxygen atoms in total. The zero-order valence-corrected chi connectivity index (χ0v) is 8.52. The molecule has 66 valence electrons. The molecule has 0 rings (SSSR count). The zero-order valence-electron chi connectivity index (χ0n) is 6.18. The maximum Gasteiger partial charge on any atom is 0.509 e.